The van der Waals surface area contributed by atoms with Gasteiger partial charge in [0.05, 0.1) is 11.4 Å². The van der Waals surface area contributed by atoms with E-state index in [9.17, 15) is 4.39 Å². The predicted octanol–water partition coefficient (Wildman–Crippen LogP) is 3.09. The number of benzene rings is 2. The lowest BCUT2D eigenvalue weighted by Crippen LogP contribution is -1.95. The van der Waals surface area contributed by atoms with Gasteiger partial charge in [-0.3, -0.25) is 0 Å². The highest BCUT2D eigenvalue weighted by molar-refractivity contribution is 5.65. The van der Waals surface area contributed by atoms with Crippen LogP contribution < -0.4 is 16.2 Å². The van der Waals surface area contributed by atoms with Gasteiger partial charge in [-0.15, -0.1) is 0 Å². The van der Waals surface area contributed by atoms with Gasteiger partial charge in [-0.25, -0.2) is 4.39 Å². The van der Waals surface area contributed by atoms with Gasteiger partial charge in [0.2, 0.25) is 0 Å². The Morgan fingerprint density at radius 1 is 0.941 bits per heavy atom. The Bertz CT molecular complexity index is 506. The average Bonchev–Trinajstić information content (AvgIpc) is 2.29. The van der Waals surface area contributed by atoms with Crippen molar-refractivity contribution in [1.82, 2.24) is 0 Å². The highest BCUT2D eigenvalue weighted by Gasteiger charge is 2.03. The zero-order chi connectivity index (χ0) is 12.4. The summed E-state index contributed by atoms with van der Waals surface area (Å²) in [6.07, 6.45) is 0. The Kier molecular flexibility index (Phi) is 2.87. The number of nitrogens with two attached hydrogens (primary N) is 2. The van der Waals surface area contributed by atoms with Gasteiger partial charge in [0.25, 0.3) is 0 Å². The monoisotopic (exact) mass is 232 g/mol. The summed E-state index contributed by atoms with van der Waals surface area (Å²) in [6.45, 7) is 1.69. The molecule has 4 N–H and O–H groups in total. The first kappa shape index (κ1) is 11.3. The fraction of sp³-hybridized carbons (Fsp3) is 0.0769. The number of rotatable bonds is 2. The largest absolute Gasteiger partial charge is 0.457 e. The normalized spacial score (nSPS) is 10.2. The van der Waals surface area contributed by atoms with Crippen LogP contribution >= 0.6 is 0 Å². The zero-order valence-electron chi connectivity index (χ0n) is 9.41. The second-order valence-corrected chi connectivity index (χ2v) is 3.80. The maximum atomic E-state index is 13.3. The van der Waals surface area contributed by atoms with E-state index in [4.69, 9.17) is 16.2 Å². The molecule has 4 heteroatoms. The Hall–Kier alpha value is -2.23. The van der Waals surface area contributed by atoms with E-state index >= 15 is 0 Å². The quantitative estimate of drug-likeness (QED) is 0.782. The molecule has 3 nitrogen and oxygen atoms in total. The minimum Gasteiger partial charge on any atom is -0.457 e. The van der Waals surface area contributed by atoms with Crippen LogP contribution in [-0.4, -0.2) is 0 Å². The van der Waals surface area contributed by atoms with Crippen molar-refractivity contribution in [2.24, 2.45) is 0 Å². The maximum absolute atomic E-state index is 13.3. The van der Waals surface area contributed by atoms with Crippen LogP contribution in [0.25, 0.3) is 0 Å². The van der Waals surface area contributed by atoms with Crippen molar-refractivity contribution in [2.75, 3.05) is 11.5 Å². The first-order chi connectivity index (χ1) is 8.06. The van der Waals surface area contributed by atoms with Crippen molar-refractivity contribution in [2.45, 2.75) is 6.92 Å². The molecule has 0 bridgehead atoms. The van der Waals surface area contributed by atoms with Gasteiger partial charge in [-0.1, -0.05) is 6.07 Å². The standard InChI is InChI=1S/C13H13FN2O/c1-8-2-3-9(6-11(8)14)17-10-4-5-12(15)13(16)7-10/h2-7H,15-16H2,1H3. The van der Waals surface area contributed by atoms with E-state index in [1.807, 2.05) is 0 Å². The van der Waals surface area contributed by atoms with Crippen LogP contribution in [0.2, 0.25) is 0 Å². The molecule has 0 aliphatic carbocycles. The third-order valence-electron chi connectivity index (χ3n) is 2.44. The molecule has 17 heavy (non-hydrogen) atoms. The van der Waals surface area contributed by atoms with Crippen molar-refractivity contribution < 1.29 is 9.13 Å². The summed E-state index contributed by atoms with van der Waals surface area (Å²) in [5.74, 6) is 0.656. The first-order valence-electron chi connectivity index (χ1n) is 5.15. The highest BCUT2D eigenvalue weighted by Crippen LogP contribution is 2.27. The summed E-state index contributed by atoms with van der Waals surface area (Å²) in [6, 6.07) is 9.63. The molecule has 0 saturated carbocycles. The number of hydrogen-bond acceptors (Lipinski definition) is 3. The number of hydrogen-bond donors (Lipinski definition) is 2. The van der Waals surface area contributed by atoms with Crippen molar-refractivity contribution in [3.63, 3.8) is 0 Å². The molecule has 2 rings (SSSR count). The van der Waals surface area contributed by atoms with Gasteiger partial charge in [0.15, 0.2) is 0 Å². The topological polar surface area (TPSA) is 61.3 Å². The van der Waals surface area contributed by atoms with Crippen LogP contribution in [0.3, 0.4) is 0 Å². The average molecular weight is 232 g/mol. The molecule has 0 radical (unpaired) electrons. The Morgan fingerprint density at radius 3 is 2.24 bits per heavy atom. The Morgan fingerprint density at radius 2 is 1.59 bits per heavy atom. The number of halogens is 1. The molecule has 2 aromatic rings. The van der Waals surface area contributed by atoms with Crippen LogP contribution in [0.4, 0.5) is 15.8 Å². The van der Waals surface area contributed by atoms with Crippen molar-refractivity contribution >= 4 is 11.4 Å². The fourth-order valence-corrected chi connectivity index (χ4v) is 1.39. The lowest BCUT2D eigenvalue weighted by Gasteiger charge is -2.08. The molecule has 2 aromatic carbocycles. The molecule has 0 aliphatic rings. The summed E-state index contributed by atoms with van der Waals surface area (Å²) in [5.41, 5.74) is 12.7. The zero-order valence-corrected chi connectivity index (χ0v) is 9.41. The van der Waals surface area contributed by atoms with Gasteiger partial charge in [-0.2, -0.15) is 0 Å². The van der Waals surface area contributed by atoms with E-state index in [0.29, 0.717) is 28.4 Å². The number of aryl methyl sites for hydroxylation is 1. The van der Waals surface area contributed by atoms with Crippen molar-refractivity contribution in [3.8, 4) is 11.5 Å². The van der Waals surface area contributed by atoms with Gasteiger partial charge < -0.3 is 16.2 Å². The van der Waals surface area contributed by atoms with E-state index in [0.717, 1.165) is 0 Å². The van der Waals surface area contributed by atoms with Crippen molar-refractivity contribution in [1.29, 1.82) is 0 Å². The molecule has 88 valence electrons. The van der Waals surface area contributed by atoms with Crippen molar-refractivity contribution in [3.05, 3.63) is 47.8 Å². The minimum atomic E-state index is -0.300. The summed E-state index contributed by atoms with van der Waals surface area (Å²) >= 11 is 0. The van der Waals surface area contributed by atoms with E-state index in [-0.39, 0.29) is 5.82 Å². The van der Waals surface area contributed by atoms with E-state index in [1.165, 1.54) is 6.07 Å². The molecular formula is C13H13FN2O. The summed E-state index contributed by atoms with van der Waals surface area (Å²) in [4.78, 5) is 0. The van der Waals surface area contributed by atoms with Crippen LogP contribution in [0.1, 0.15) is 5.56 Å². The lowest BCUT2D eigenvalue weighted by atomic mass is 10.2. The smallest absolute Gasteiger partial charge is 0.130 e. The van der Waals surface area contributed by atoms with Crippen LogP contribution in [0.15, 0.2) is 36.4 Å². The number of nitrogen functional groups attached to an aromatic ring is 2. The molecule has 0 atom stereocenters. The third-order valence-corrected chi connectivity index (χ3v) is 2.44. The Labute approximate surface area is 98.8 Å². The Balaban J connectivity index is 2.25. The molecule has 0 amide bonds. The third kappa shape index (κ3) is 2.47. The maximum Gasteiger partial charge on any atom is 0.130 e. The molecule has 0 spiro atoms. The second kappa shape index (κ2) is 4.33. The van der Waals surface area contributed by atoms with Gasteiger partial charge >= 0.3 is 0 Å². The van der Waals surface area contributed by atoms with Gasteiger partial charge in [-0.05, 0) is 30.7 Å². The van der Waals surface area contributed by atoms with Crippen LogP contribution in [0, 0.1) is 12.7 Å². The summed E-state index contributed by atoms with van der Waals surface area (Å²) < 4.78 is 18.8. The minimum absolute atomic E-state index is 0.300. The second-order valence-electron chi connectivity index (χ2n) is 3.80. The first-order valence-corrected chi connectivity index (χ1v) is 5.15. The molecular weight excluding hydrogens is 219 g/mol. The van der Waals surface area contributed by atoms with Gasteiger partial charge in [0.1, 0.15) is 17.3 Å². The van der Waals surface area contributed by atoms with E-state index in [1.54, 1.807) is 37.3 Å². The SMILES string of the molecule is Cc1ccc(Oc2ccc(N)c(N)c2)cc1F. The number of anilines is 2. The molecule has 0 unspecified atom stereocenters. The highest BCUT2D eigenvalue weighted by atomic mass is 19.1. The fourth-order valence-electron chi connectivity index (χ4n) is 1.39. The molecule has 0 heterocycles. The summed E-state index contributed by atoms with van der Waals surface area (Å²) in [5, 5.41) is 0. The molecule has 0 saturated heterocycles. The van der Waals surface area contributed by atoms with Gasteiger partial charge in [0, 0.05) is 12.1 Å². The lowest BCUT2D eigenvalue weighted by molar-refractivity contribution is 0.476. The molecule has 0 fully saturated rings. The van der Waals surface area contributed by atoms with Crippen LogP contribution in [-0.2, 0) is 0 Å². The molecule has 0 aliphatic heterocycles. The number of ether oxygens (including phenoxy) is 1. The molecule has 0 aromatic heterocycles. The summed E-state index contributed by atoms with van der Waals surface area (Å²) in [7, 11) is 0. The predicted molar refractivity (Wildman–Crippen MR) is 66.5 cm³/mol. The van der Waals surface area contributed by atoms with Crippen LogP contribution in [0.5, 0.6) is 11.5 Å². The van der Waals surface area contributed by atoms with E-state index in [2.05, 4.69) is 0 Å². The van der Waals surface area contributed by atoms with E-state index < -0.39 is 0 Å².